The summed E-state index contributed by atoms with van der Waals surface area (Å²) in [6, 6.07) is 23.7. The van der Waals surface area contributed by atoms with Gasteiger partial charge >= 0.3 is 0 Å². The molecule has 2 aliphatic rings. The zero-order chi connectivity index (χ0) is 24.2. The van der Waals surface area contributed by atoms with Crippen molar-refractivity contribution >= 4 is 17.5 Å². The van der Waals surface area contributed by atoms with Gasteiger partial charge in [0.1, 0.15) is 0 Å². The van der Waals surface area contributed by atoms with E-state index in [1.54, 1.807) is 0 Å². The van der Waals surface area contributed by atoms with E-state index in [2.05, 4.69) is 29.2 Å². The minimum atomic E-state index is 0.0722. The predicted octanol–water partition coefficient (Wildman–Crippen LogP) is 4.37. The molecule has 2 aromatic carbocycles. The minimum Gasteiger partial charge on any atom is -0.368 e. The number of hydrogen-bond acceptors (Lipinski definition) is 4. The molecular formula is C29H32N4O2. The fraction of sp³-hybridized carbons (Fsp3) is 0.345. The molecular weight excluding hydrogens is 436 g/mol. The molecule has 0 radical (unpaired) electrons. The molecule has 0 spiro atoms. The van der Waals surface area contributed by atoms with Crippen molar-refractivity contribution in [2.45, 2.75) is 25.7 Å². The van der Waals surface area contributed by atoms with Gasteiger partial charge < -0.3 is 14.7 Å². The highest BCUT2D eigenvalue weighted by Gasteiger charge is 2.30. The van der Waals surface area contributed by atoms with E-state index in [-0.39, 0.29) is 17.7 Å². The number of aryl methyl sites for hydroxylation is 1. The van der Waals surface area contributed by atoms with Gasteiger partial charge in [-0.05, 0) is 56.2 Å². The number of carbonyl (C=O) groups is 2. The van der Waals surface area contributed by atoms with Crippen molar-refractivity contribution in [3.05, 3.63) is 95.3 Å². The Balaban J connectivity index is 1.26. The van der Waals surface area contributed by atoms with Gasteiger partial charge in [0, 0.05) is 62.1 Å². The monoisotopic (exact) mass is 468 g/mol. The third kappa shape index (κ3) is 5.06. The van der Waals surface area contributed by atoms with Crippen molar-refractivity contribution in [2.75, 3.05) is 44.2 Å². The van der Waals surface area contributed by atoms with E-state index in [1.807, 2.05) is 65.3 Å². The summed E-state index contributed by atoms with van der Waals surface area (Å²) in [6.07, 6.45) is 1.63. The molecule has 2 amide bonds. The maximum Gasteiger partial charge on any atom is 0.255 e. The molecule has 2 fully saturated rings. The fourth-order valence-corrected chi connectivity index (χ4v) is 5.17. The lowest BCUT2D eigenvalue weighted by Crippen LogP contribution is -2.49. The van der Waals surface area contributed by atoms with E-state index in [0.717, 1.165) is 48.4 Å². The first kappa shape index (κ1) is 23.1. The summed E-state index contributed by atoms with van der Waals surface area (Å²) in [5.41, 5.74) is 4.47. The normalized spacial score (nSPS) is 16.9. The SMILES string of the molecule is Cc1ccc(C(=O)N2CCN(c3ccccc3)CC2)c(C2CCN(C(=O)c3ccccc3)CC2)n1. The Morgan fingerprint density at radius 3 is 1.97 bits per heavy atom. The van der Waals surface area contributed by atoms with Crippen molar-refractivity contribution in [3.63, 3.8) is 0 Å². The zero-order valence-electron chi connectivity index (χ0n) is 20.3. The van der Waals surface area contributed by atoms with Gasteiger partial charge in [-0.2, -0.15) is 0 Å². The summed E-state index contributed by atoms with van der Waals surface area (Å²) in [4.78, 5) is 37.5. The second kappa shape index (κ2) is 10.3. The van der Waals surface area contributed by atoms with E-state index >= 15 is 0 Å². The lowest BCUT2D eigenvalue weighted by atomic mass is 9.89. The third-order valence-corrected chi connectivity index (χ3v) is 7.17. The molecule has 1 aromatic heterocycles. The number of hydrogen-bond donors (Lipinski definition) is 0. The molecule has 2 saturated heterocycles. The number of nitrogens with zero attached hydrogens (tertiary/aromatic N) is 4. The van der Waals surface area contributed by atoms with Crippen LogP contribution in [0.3, 0.4) is 0 Å². The van der Waals surface area contributed by atoms with E-state index in [0.29, 0.717) is 26.2 Å². The van der Waals surface area contributed by atoms with Crippen LogP contribution < -0.4 is 4.90 Å². The Kier molecular flexibility index (Phi) is 6.80. The van der Waals surface area contributed by atoms with Crippen LogP contribution in [0.25, 0.3) is 0 Å². The summed E-state index contributed by atoms with van der Waals surface area (Å²) in [6.45, 7) is 6.38. The van der Waals surface area contributed by atoms with Gasteiger partial charge in [-0.15, -0.1) is 0 Å². The van der Waals surface area contributed by atoms with Gasteiger partial charge in [0.25, 0.3) is 11.8 Å². The molecule has 180 valence electrons. The Hall–Kier alpha value is -3.67. The van der Waals surface area contributed by atoms with Crippen molar-refractivity contribution in [3.8, 4) is 0 Å². The first-order valence-corrected chi connectivity index (χ1v) is 12.5. The Labute approximate surface area is 207 Å². The van der Waals surface area contributed by atoms with E-state index in [9.17, 15) is 9.59 Å². The highest BCUT2D eigenvalue weighted by atomic mass is 16.2. The largest absolute Gasteiger partial charge is 0.368 e. The molecule has 6 nitrogen and oxygen atoms in total. The Morgan fingerprint density at radius 1 is 0.714 bits per heavy atom. The quantitative estimate of drug-likeness (QED) is 0.571. The molecule has 3 heterocycles. The molecule has 0 N–H and O–H groups in total. The highest BCUT2D eigenvalue weighted by molar-refractivity contribution is 5.96. The second-order valence-corrected chi connectivity index (χ2v) is 9.43. The average molecular weight is 469 g/mol. The number of rotatable bonds is 4. The molecule has 3 aromatic rings. The van der Waals surface area contributed by atoms with Gasteiger partial charge in [-0.25, -0.2) is 0 Å². The first-order valence-electron chi connectivity index (χ1n) is 12.5. The fourth-order valence-electron chi connectivity index (χ4n) is 5.17. The summed E-state index contributed by atoms with van der Waals surface area (Å²) < 4.78 is 0. The smallest absolute Gasteiger partial charge is 0.255 e. The number of piperazine rings is 1. The predicted molar refractivity (Wildman–Crippen MR) is 138 cm³/mol. The van der Waals surface area contributed by atoms with Gasteiger partial charge in [0.05, 0.1) is 11.3 Å². The van der Waals surface area contributed by atoms with E-state index in [1.165, 1.54) is 5.69 Å². The third-order valence-electron chi connectivity index (χ3n) is 7.17. The summed E-state index contributed by atoms with van der Waals surface area (Å²) in [7, 11) is 0. The number of amides is 2. The number of anilines is 1. The van der Waals surface area contributed by atoms with Crippen molar-refractivity contribution in [2.24, 2.45) is 0 Å². The van der Waals surface area contributed by atoms with Crippen LogP contribution in [0.5, 0.6) is 0 Å². The highest BCUT2D eigenvalue weighted by Crippen LogP contribution is 2.31. The number of pyridine rings is 1. The van der Waals surface area contributed by atoms with Crippen LogP contribution in [0, 0.1) is 6.92 Å². The number of aromatic nitrogens is 1. The van der Waals surface area contributed by atoms with Gasteiger partial charge in [0.15, 0.2) is 0 Å². The number of benzene rings is 2. The molecule has 0 aliphatic carbocycles. The van der Waals surface area contributed by atoms with Crippen LogP contribution in [-0.4, -0.2) is 65.9 Å². The van der Waals surface area contributed by atoms with Gasteiger partial charge in [-0.1, -0.05) is 36.4 Å². The second-order valence-electron chi connectivity index (χ2n) is 9.43. The maximum absolute atomic E-state index is 13.6. The number of likely N-dealkylation sites (tertiary alicyclic amines) is 1. The first-order chi connectivity index (χ1) is 17.1. The zero-order valence-corrected chi connectivity index (χ0v) is 20.3. The molecule has 0 bridgehead atoms. The molecule has 0 saturated carbocycles. The standard InChI is InChI=1S/C29H32N4O2/c1-22-12-13-26(29(35)33-20-18-31(19-21-33)25-10-6-3-7-11-25)27(30-22)23-14-16-32(17-15-23)28(34)24-8-4-2-5-9-24/h2-13,23H,14-21H2,1H3. The average Bonchev–Trinajstić information content (AvgIpc) is 2.93. The van der Waals surface area contributed by atoms with Crippen LogP contribution in [-0.2, 0) is 0 Å². The maximum atomic E-state index is 13.6. The van der Waals surface area contributed by atoms with Crippen molar-refractivity contribution in [1.29, 1.82) is 0 Å². The van der Waals surface area contributed by atoms with E-state index in [4.69, 9.17) is 4.98 Å². The lowest BCUT2D eigenvalue weighted by molar-refractivity contribution is 0.0702. The molecule has 5 rings (SSSR count). The van der Waals surface area contributed by atoms with E-state index < -0.39 is 0 Å². The Bertz CT molecular complexity index is 1170. The Morgan fingerprint density at radius 2 is 1.31 bits per heavy atom. The number of carbonyl (C=O) groups excluding carboxylic acids is 2. The van der Waals surface area contributed by atoms with Gasteiger partial charge in [-0.3, -0.25) is 14.6 Å². The van der Waals surface area contributed by atoms with Crippen LogP contribution in [0.1, 0.15) is 50.9 Å². The number of para-hydroxylation sites is 1. The van der Waals surface area contributed by atoms with Gasteiger partial charge in [0.2, 0.25) is 0 Å². The van der Waals surface area contributed by atoms with Crippen LogP contribution >= 0.6 is 0 Å². The molecule has 35 heavy (non-hydrogen) atoms. The molecule has 2 aliphatic heterocycles. The molecule has 0 unspecified atom stereocenters. The number of piperidine rings is 1. The lowest BCUT2D eigenvalue weighted by Gasteiger charge is -2.37. The van der Waals surface area contributed by atoms with Crippen LogP contribution in [0.4, 0.5) is 5.69 Å². The minimum absolute atomic E-state index is 0.0722. The summed E-state index contributed by atoms with van der Waals surface area (Å²) in [5.74, 6) is 0.330. The van der Waals surface area contributed by atoms with Crippen LogP contribution in [0.15, 0.2) is 72.8 Å². The summed E-state index contributed by atoms with van der Waals surface area (Å²) >= 11 is 0. The van der Waals surface area contributed by atoms with Crippen molar-refractivity contribution < 1.29 is 9.59 Å². The van der Waals surface area contributed by atoms with Crippen molar-refractivity contribution in [1.82, 2.24) is 14.8 Å². The molecule has 0 atom stereocenters. The topological polar surface area (TPSA) is 56.8 Å². The molecule has 6 heteroatoms. The summed E-state index contributed by atoms with van der Waals surface area (Å²) in [5, 5.41) is 0. The van der Waals surface area contributed by atoms with Crippen LogP contribution in [0.2, 0.25) is 0 Å².